The van der Waals surface area contributed by atoms with Crippen molar-refractivity contribution in [2.24, 2.45) is 0 Å². The van der Waals surface area contributed by atoms with Crippen LogP contribution in [-0.4, -0.2) is 19.6 Å². The molecule has 4 aromatic rings. The molecular formula is C15H11N5. The molecule has 5 nitrogen and oxygen atoms in total. The van der Waals surface area contributed by atoms with Crippen molar-refractivity contribution in [3.05, 3.63) is 54.7 Å². The minimum Gasteiger partial charge on any atom is -0.399 e. The van der Waals surface area contributed by atoms with E-state index in [-0.39, 0.29) is 0 Å². The number of nitrogens with zero attached hydrogens (tertiary/aromatic N) is 4. The fraction of sp³-hybridized carbons (Fsp3) is 0. The zero-order chi connectivity index (χ0) is 13.5. The Morgan fingerprint density at radius 1 is 0.900 bits per heavy atom. The van der Waals surface area contributed by atoms with Crippen LogP contribution in [0.5, 0.6) is 0 Å². The maximum Gasteiger partial charge on any atom is 0.180 e. The molecule has 0 bridgehead atoms. The molecule has 0 fully saturated rings. The maximum atomic E-state index is 5.73. The lowest BCUT2D eigenvalue weighted by Crippen LogP contribution is -1.94. The Labute approximate surface area is 114 Å². The van der Waals surface area contributed by atoms with Crippen LogP contribution in [0.3, 0.4) is 0 Å². The highest BCUT2D eigenvalue weighted by Crippen LogP contribution is 2.23. The van der Waals surface area contributed by atoms with Crippen LogP contribution in [0.4, 0.5) is 5.69 Å². The van der Waals surface area contributed by atoms with E-state index in [0.717, 1.165) is 33.8 Å². The van der Waals surface area contributed by atoms with Crippen LogP contribution < -0.4 is 5.73 Å². The van der Waals surface area contributed by atoms with E-state index in [1.807, 2.05) is 52.9 Å². The SMILES string of the molecule is Nc1ccc(-c2nnc3cnc4ccccc4n23)cc1. The molecule has 0 saturated heterocycles. The molecule has 5 heteroatoms. The van der Waals surface area contributed by atoms with E-state index >= 15 is 0 Å². The summed E-state index contributed by atoms with van der Waals surface area (Å²) in [5, 5.41) is 8.46. The van der Waals surface area contributed by atoms with Gasteiger partial charge in [-0.05, 0) is 36.4 Å². The second kappa shape index (κ2) is 4.03. The van der Waals surface area contributed by atoms with Gasteiger partial charge in [0.2, 0.25) is 0 Å². The molecule has 0 atom stereocenters. The average molecular weight is 261 g/mol. The summed E-state index contributed by atoms with van der Waals surface area (Å²) in [6.45, 7) is 0. The van der Waals surface area contributed by atoms with Crippen molar-refractivity contribution in [2.75, 3.05) is 5.73 Å². The van der Waals surface area contributed by atoms with Gasteiger partial charge in [-0.25, -0.2) is 0 Å². The maximum absolute atomic E-state index is 5.73. The topological polar surface area (TPSA) is 69.1 Å². The molecule has 0 aliphatic heterocycles. The zero-order valence-corrected chi connectivity index (χ0v) is 10.6. The molecule has 4 rings (SSSR count). The van der Waals surface area contributed by atoms with Gasteiger partial charge in [0.05, 0.1) is 17.2 Å². The lowest BCUT2D eigenvalue weighted by molar-refractivity contribution is 1.12. The van der Waals surface area contributed by atoms with Gasteiger partial charge < -0.3 is 5.73 Å². The molecule has 20 heavy (non-hydrogen) atoms. The highest BCUT2D eigenvalue weighted by atomic mass is 15.3. The normalized spacial score (nSPS) is 11.2. The van der Waals surface area contributed by atoms with Gasteiger partial charge in [-0.2, -0.15) is 0 Å². The van der Waals surface area contributed by atoms with E-state index in [2.05, 4.69) is 15.2 Å². The summed E-state index contributed by atoms with van der Waals surface area (Å²) in [7, 11) is 0. The van der Waals surface area contributed by atoms with Crippen molar-refractivity contribution in [3.8, 4) is 11.4 Å². The molecule has 2 heterocycles. The summed E-state index contributed by atoms with van der Waals surface area (Å²) in [4.78, 5) is 4.39. The predicted octanol–water partition coefficient (Wildman–Crippen LogP) is 2.53. The molecule has 0 aliphatic carbocycles. The van der Waals surface area contributed by atoms with Crippen molar-refractivity contribution in [2.45, 2.75) is 0 Å². The summed E-state index contributed by atoms with van der Waals surface area (Å²) in [6, 6.07) is 15.5. The molecule has 2 aromatic carbocycles. The first-order valence-electron chi connectivity index (χ1n) is 6.28. The van der Waals surface area contributed by atoms with Gasteiger partial charge in [-0.15, -0.1) is 10.2 Å². The van der Waals surface area contributed by atoms with Gasteiger partial charge >= 0.3 is 0 Å². The number of para-hydroxylation sites is 2. The Hall–Kier alpha value is -2.95. The van der Waals surface area contributed by atoms with Crippen LogP contribution in [0.2, 0.25) is 0 Å². The van der Waals surface area contributed by atoms with Crippen LogP contribution in [0, 0.1) is 0 Å². The summed E-state index contributed by atoms with van der Waals surface area (Å²) in [5.41, 5.74) is 10.1. The smallest absolute Gasteiger partial charge is 0.180 e. The van der Waals surface area contributed by atoms with E-state index in [1.54, 1.807) is 6.20 Å². The zero-order valence-electron chi connectivity index (χ0n) is 10.6. The van der Waals surface area contributed by atoms with Crippen LogP contribution in [-0.2, 0) is 0 Å². The fourth-order valence-corrected chi connectivity index (χ4v) is 2.33. The average Bonchev–Trinajstić information content (AvgIpc) is 2.92. The lowest BCUT2D eigenvalue weighted by atomic mass is 10.2. The Balaban J connectivity index is 2.09. The van der Waals surface area contributed by atoms with Gasteiger partial charge in [-0.3, -0.25) is 9.38 Å². The van der Waals surface area contributed by atoms with Crippen LogP contribution >= 0.6 is 0 Å². The minimum atomic E-state index is 0.731. The molecule has 2 aromatic heterocycles. The van der Waals surface area contributed by atoms with Gasteiger partial charge in [-0.1, -0.05) is 12.1 Å². The Morgan fingerprint density at radius 2 is 1.70 bits per heavy atom. The standard InChI is InChI=1S/C15H11N5/c16-11-7-5-10(6-8-11)15-19-18-14-9-17-12-3-1-2-4-13(12)20(14)15/h1-9H,16H2. The summed E-state index contributed by atoms with van der Waals surface area (Å²) in [6.07, 6.45) is 1.73. The second-order valence-electron chi connectivity index (χ2n) is 4.59. The predicted molar refractivity (Wildman–Crippen MR) is 78.1 cm³/mol. The first kappa shape index (κ1) is 10.9. The number of benzene rings is 2. The van der Waals surface area contributed by atoms with Crippen LogP contribution in [0.15, 0.2) is 54.7 Å². The molecule has 0 unspecified atom stereocenters. The van der Waals surface area contributed by atoms with E-state index in [1.165, 1.54) is 0 Å². The molecule has 96 valence electrons. The van der Waals surface area contributed by atoms with E-state index in [4.69, 9.17) is 5.73 Å². The molecule has 0 aliphatic rings. The van der Waals surface area contributed by atoms with E-state index < -0.39 is 0 Å². The lowest BCUT2D eigenvalue weighted by Gasteiger charge is -2.04. The largest absolute Gasteiger partial charge is 0.399 e. The number of aromatic nitrogens is 4. The molecule has 0 saturated carbocycles. The van der Waals surface area contributed by atoms with Crippen molar-refractivity contribution in [3.63, 3.8) is 0 Å². The number of nitrogens with two attached hydrogens (primary N) is 1. The minimum absolute atomic E-state index is 0.731. The van der Waals surface area contributed by atoms with Gasteiger partial charge in [0, 0.05) is 11.3 Å². The summed E-state index contributed by atoms with van der Waals surface area (Å²) >= 11 is 0. The van der Waals surface area contributed by atoms with Crippen LogP contribution in [0.25, 0.3) is 28.1 Å². The molecule has 0 radical (unpaired) electrons. The fourth-order valence-electron chi connectivity index (χ4n) is 2.33. The number of anilines is 1. The van der Waals surface area contributed by atoms with Crippen molar-refractivity contribution in [1.82, 2.24) is 19.6 Å². The Morgan fingerprint density at radius 3 is 2.55 bits per heavy atom. The molecule has 0 amide bonds. The number of hydrogen-bond acceptors (Lipinski definition) is 4. The third kappa shape index (κ3) is 1.53. The summed E-state index contributed by atoms with van der Waals surface area (Å²) in [5.74, 6) is 0.790. The molecular weight excluding hydrogens is 250 g/mol. The monoisotopic (exact) mass is 261 g/mol. The Kier molecular flexibility index (Phi) is 2.20. The quantitative estimate of drug-likeness (QED) is 0.534. The van der Waals surface area contributed by atoms with Gasteiger partial charge in [0.15, 0.2) is 11.5 Å². The number of fused-ring (bicyclic) bond motifs is 3. The highest BCUT2D eigenvalue weighted by molar-refractivity contribution is 5.80. The van der Waals surface area contributed by atoms with E-state index in [0.29, 0.717) is 0 Å². The summed E-state index contributed by atoms with van der Waals surface area (Å²) < 4.78 is 2.01. The van der Waals surface area contributed by atoms with E-state index in [9.17, 15) is 0 Å². The molecule has 0 spiro atoms. The van der Waals surface area contributed by atoms with Crippen molar-refractivity contribution in [1.29, 1.82) is 0 Å². The Bertz CT molecular complexity index is 909. The molecule has 2 N–H and O–H groups in total. The number of nitrogen functional groups attached to an aromatic ring is 1. The third-order valence-corrected chi connectivity index (χ3v) is 3.30. The second-order valence-corrected chi connectivity index (χ2v) is 4.59. The third-order valence-electron chi connectivity index (χ3n) is 3.30. The first-order valence-corrected chi connectivity index (χ1v) is 6.28. The van der Waals surface area contributed by atoms with Crippen molar-refractivity contribution >= 4 is 22.4 Å². The van der Waals surface area contributed by atoms with Gasteiger partial charge in [0.1, 0.15) is 0 Å². The van der Waals surface area contributed by atoms with Crippen LogP contribution in [0.1, 0.15) is 0 Å². The number of rotatable bonds is 1. The first-order chi connectivity index (χ1) is 9.83. The number of hydrogen-bond donors (Lipinski definition) is 1. The van der Waals surface area contributed by atoms with Crippen molar-refractivity contribution < 1.29 is 0 Å². The van der Waals surface area contributed by atoms with Gasteiger partial charge in [0.25, 0.3) is 0 Å². The highest BCUT2D eigenvalue weighted by Gasteiger charge is 2.11.